The molecule has 0 unspecified atom stereocenters. The van der Waals surface area contributed by atoms with Crippen molar-refractivity contribution in [1.82, 2.24) is 19.7 Å². The van der Waals surface area contributed by atoms with E-state index in [4.69, 9.17) is 0 Å². The summed E-state index contributed by atoms with van der Waals surface area (Å²) in [7, 11) is -2.71. The Morgan fingerprint density at radius 3 is 2.12 bits per heavy atom. The molecule has 1 aromatic carbocycles. The lowest BCUT2D eigenvalue weighted by molar-refractivity contribution is -0.274. The number of pyridine rings is 1. The minimum absolute atomic E-state index is 0.111. The van der Waals surface area contributed by atoms with Crippen molar-refractivity contribution >= 4 is 9.84 Å². The summed E-state index contributed by atoms with van der Waals surface area (Å²) in [6.07, 6.45) is -9.19. The van der Waals surface area contributed by atoms with Crippen LogP contribution in [0.3, 0.4) is 0 Å². The average Bonchev–Trinajstić information content (AvgIpc) is 3.07. The third-order valence-electron chi connectivity index (χ3n) is 4.33. The maximum Gasteiger partial charge on any atom is 0.573 e. The SMILES string of the molecule is CCS(=O)(=O)c1cc(C(F)(F)F)cnc1-c1nnc(-c2ccc(OC(F)(F)F)cc2)n1C. The van der Waals surface area contributed by atoms with Gasteiger partial charge >= 0.3 is 12.5 Å². The van der Waals surface area contributed by atoms with E-state index in [1.165, 1.54) is 30.7 Å². The molecule has 2 aromatic heterocycles. The molecule has 2 heterocycles. The number of alkyl halides is 6. The van der Waals surface area contributed by atoms with Crippen molar-refractivity contribution in [2.45, 2.75) is 24.4 Å². The summed E-state index contributed by atoms with van der Waals surface area (Å²) < 4.78 is 106. The number of benzene rings is 1. The molecule has 3 aromatic rings. The highest BCUT2D eigenvalue weighted by atomic mass is 32.2. The lowest BCUT2D eigenvalue weighted by Crippen LogP contribution is -2.16. The van der Waals surface area contributed by atoms with Gasteiger partial charge in [0.25, 0.3) is 0 Å². The topological polar surface area (TPSA) is 87.0 Å². The van der Waals surface area contributed by atoms with Crippen LogP contribution in [0.1, 0.15) is 12.5 Å². The monoisotopic (exact) mass is 480 g/mol. The van der Waals surface area contributed by atoms with E-state index in [9.17, 15) is 34.8 Å². The minimum Gasteiger partial charge on any atom is -0.406 e. The van der Waals surface area contributed by atoms with Gasteiger partial charge in [0.05, 0.1) is 16.2 Å². The van der Waals surface area contributed by atoms with Gasteiger partial charge in [-0.05, 0) is 30.3 Å². The number of sulfone groups is 1. The molecule has 0 saturated carbocycles. The van der Waals surface area contributed by atoms with E-state index in [2.05, 4.69) is 19.9 Å². The molecule has 0 fully saturated rings. The Labute approximate surface area is 177 Å². The van der Waals surface area contributed by atoms with Gasteiger partial charge in [0.15, 0.2) is 21.5 Å². The highest BCUT2D eigenvalue weighted by Gasteiger charge is 2.34. The first-order valence-corrected chi connectivity index (χ1v) is 10.4. The fraction of sp³-hybridized carbons (Fsp3) is 0.278. The number of hydrogen-bond acceptors (Lipinski definition) is 6. The van der Waals surface area contributed by atoms with E-state index in [0.717, 1.165) is 12.1 Å². The first-order valence-electron chi connectivity index (χ1n) is 8.79. The van der Waals surface area contributed by atoms with Gasteiger partial charge in [0.2, 0.25) is 0 Å². The van der Waals surface area contributed by atoms with Gasteiger partial charge in [-0.15, -0.1) is 23.4 Å². The molecule has 0 atom stereocenters. The first kappa shape index (κ1) is 23.5. The zero-order chi connectivity index (χ0) is 23.9. The molecule has 32 heavy (non-hydrogen) atoms. The molecule has 0 aliphatic rings. The van der Waals surface area contributed by atoms with Crippen LogP contribution in [0.5, 0.6) is 5.75 Å². The molecule has 0 spiro atoms. The predicted molar refractivity (Wildman–Crippen MR) is 99.1 cm³/mol. The Morgan fingerprint density at radius 2 is 1.59 bits per heavy atom. The van der Waals surface area contributed by atoms with Gasteiger partial charge in [0.1, 0.15) is 11.4 Å². The molecule has 0 saturated heterocycles. The van der Waals surface area contributed by atoms with Gasteiger partial charge in [-0.3, -0.25) is 4.98 Å². The quantitative estimate of drug-likeness (QED) is 0.508. The summed E-state index contributed by atoms with van der Waals surface area (Å²) in [6.45, 7) is 1.27. The molecule has 0 aliphatic heterocycles. The zero-order valence-corrected chi connectivity index (χ0v) is 17.2. The number of nitrogens with zero attached hydrogens (tertiary/aromatic N) is 4. The van der Waals surface area contributed by atoms with Crippen molar-refractivity contribution in [2.24, 2.45) is 7.05 Å². The summed E-state index contributed by atoms with van der Waals surface area (Å²) in [5.41, 5.74) is -1.28. The number of aromatic nitrogens is 4. The van der Waals surface area contributed by atoms with Crippen molar-refractivity contribution in [3.63, 3.8) is 0 Å². The van der Waals surface area contributed by atoms with Crippen LogP contribution in [0.4, 0.5) is 26.3 Å². The smallest absolute Gasteiger partial charge is 0.406 e. The predicted octanol–water partition coefficient (Wildman–Crippen LogP) is 4.26. The normalized spacial score (nSPS) is 12.8. The van der Waals surface area contributed by atoms with E-state index in [0.29, 0.717) is 17.8 Å². The number of hydrogen-bond donors (Lipinski definition) is 0. The Balaban J connectivity index is 2.08. The average molecular weight is 480 g/mol. The lowest BCUT2D eigenvalue weighted by Gasteiger charge is -2.12. The largest absolute Gasteiger partial charge is 0.573 e. The standard InChI is InChI=1S/C18H14F6N4O3S/c1-3-32(29,30)13-8-11(17(19,20)21)9-25-14(13)16-27-26-15(28(16)2)10-4-6-12(7-5-10)31-18(22,23)24/h4-9H,3H2,1-2H3. The van der Waals surface area contributed by atoms with Gasteiger partial charge in [-0.2, -0.15) is 13.2 Å². The number of ether oxygens (including phenoxy) is 1. The first-order chi connectivity index (χ1) is 14.7. The maximum absolute atomic E-state index is 13.1. The van der Waals surface area contributed by atoms with Gasteiger partial charge in [-0.1, -0.05) is 6.92 Å². The Kier molecular flexibility index (Phi) is 5.93. The second kappa shape index (κ2) is 8.07. The fourth-order valence-electron chi connectivity index (χ4n) is 2.75. The zero-order valence-electron chi connectivity index (χ0n) is 16.4. The molecule has 0 bridgehead atoms. The molecular weight excluding hydrogens is 466 g/mol. The van der Waals surface area contributed by atoms with Crippen molar-refractivity contribution in [3.8, 4) is 28.7 Å². The number of rotatable bonds is 5. The van der Waals surface area contributed by atoms with Crippen molar-refractivity contribution in [2.75, 3.05) is 5.75 Å². The molecule has 0 aliphatic carbocycles. The van der Waals surface area contributed by atoms with Gasteiger partial charge in [0, 0.05) is 18.8 Å². The third kappa shape index (κ3) is 4.84. The molecule has 172 valence electrons. The van der Waals surface area contributed by atoms with Crippen LogP contribution in [0, 0.1) is 0 Å². The second-order valence-corrected chi connectivity index (χ2v) is 8.70. The Hall–Kier alpha value is -3.16. The molecule has 14 heteroatoms. The molecule has 0 radical (unpaired) electrons. The summed E-state index contributed by atoms with van der Waals surface area (Å²) in [4.78, 5) is 3.02. The van der Waals surface area contributed by atoms with Crippen molar-refractivity contribution in [1.29, 1.82) is 0 Å². The van der Waals surface area contributed by atoms with Crippen LogP contribution >= 0.6 is 0 Å². The molecular formula is C18H14F6N4O3S. The van der Waals surface area contributed by atoms with Crippen LogP contribution in [-0.2, 0) is 23.1 Å². The highest BCUT2D eigenvalue weighted by Crippen LogP contribution is 2.34. The molecule has 7 nitrogen and oxygen atoms in total. The Bertz CT molecular complexity index is 1240. The molecule has 3 rings (SSSR count). The molecule has 0 N–H and O–H groups in total. The molecule has 0 amide bonds. The van der Waals surface area contributed by atoms with Crippen LogP contribution in [0.15, 0.2) is 41.4 Å². The highest BCUT2D eigenvalue weighted by molar-refractivity contribution is 7.91. The van der Waals surface area contributed by atoms with E-state index in [1.807, 2.05) is 0 Å². The van der Waals surface area contributed by atoms with Crippen LogP contribution < -0.4 is 4.74 Å². The Morgan fingerprint density at radius 1 is 1.00 bits per heavy atom. The van der Waals surface area contributed by atoms with E-state index < -0.39 is 44.3 Å². The van der Waals surface area contributed by atoms with Gasteiger partial charge in [-0.25, -0.2) is 8.42 Å². The second-order valence-electron chi connectivity index (χ2n) is 6.45. The fourth-order valence-corrected chi connectivity index (χ4v) is 3.81. The summed E-state index contributed by atoms with van der Waals surface area (Å²) in [6, 6.07) is 5.09. The van der Waals surface area contributed by atoms with Crippen molar-refractivity contribution < 1.29 is 39.5 Å². The summed E-state index contributed by atoms with van der Waals surface area (Å²) in [5.74, 6) is -0.977. The third-order valence-corrected chi connectivity index (χ3v) is 6.07. The summed E-state index contributed by atoms with van der Waals surface area (Å²) >= 11 is 0. The summed E-state index contributed by atoms with van der Waals surface area (Å²) in [5, 5.41) is 7.72. The van der Waals surface area contributed by atoms with Crippen LogP contribution in [0.25, 0.3) is 22.9 Å². The van der Waals surface area contributed by atoms with Crippen LogP contribution in [0.2, 0.25) is 0 Å². The lowest BCUT2D eigenvalue weighted by atomic mass is 10.2. The maximum atomic E-state index is 13.1. The van der Waals surface area contributed by atoms with Crippen molar-refractivity contribution in [3.05, 3.63) is 42.1 Å². The van der Waals surface area contributed by atoms with E-state index in [1.54, 1.807) is 0 Å². The van der Waals surface area contributed by atoms with Crippen LogP contribution in [-0.4, -0.2) is 40.3 Å². The minimum atomic E-state index is -4.87. The van der Waals surface area contributed by atoms with E-state index in [-0.39, 0.29) is 17.3 Å². The van der Waals surface area contributed by atoms with Gasteiger partial charge < -0.3 is 9.30 Å². The number of halogens is 6. The van der Waals surface area contributed by atoms with E-state index >= 15 is 0 Å².